The van der Waals surface area contributed by atoms with Gasteiger partial charge in [-0.2, -0.15) is 0 Å². The molecule has 0 fully saturated rings. The van der Waals surface area contributed by atoms with E-state index >= 15 is 0 Å². The third-order valence-electron chi connectivity index (χ3n) is 2.26. The fraction of sp³-hybridized carbons (Fsp3) is 0. The highest BCUT2D eigenvalue weighted by molar-refractivity contribution is 9.10. The van der Waals surface area contributed by atoms with Gasteiger partial charge in [-0.3, -0.25) is 15.1 Å². The minimum atomic E-state index is -0.507. The summed E-state index contributed by atoms with van der Waals surface area (Å²) < 4.78 is 0.596. The third kappa shape index (κ3) is 2.26. The van der Waals surface area contributed by atoms with Crippen molar-refractivity contribution < 1.29 is 4.92 Å². The number of nitrogens with two attached hydrogens (primary N) is 1. The van der Waals surface area contributed by atoms with Gasteiger partial charge < -0.3 is 5.73 Å². The quantitative estimate of drug-likeness (QED) is 0.524. The summed E-state index contributed by atoms with van der Waals surface area (Å²) in [6.07, 6.45) is 1.61. The Hall–Kier alpha value is -1.95. The van der Waals surface area contributed by atoms with Crippen LogP contribution >= 0.6 is 15.9 Å². The molecule has 0 atom stereocenters. The molecule has 0 saturated heterocycles. The van der Waals surface area contributed by atoms with E-state index in [9.17, 15) is 10.1 Å². The zero-order chi connectivity index (χ0) is 12.4. The summed E-state index contributed by atoms with van der Waals surface area (Å²) in [6, 6.07) is 8.41. The Bertz CT molecular complexity index is 572. The number of halogens is 1. The van der Waals surface area contributed by atoms with Gasteiger partial charge in [-0.05, 0) is 18.2 Å². The maximum atomic E-state index is 10.8. The van der Waals surface area contributed by atoms with Crippen LogP contribution in [-0.4, -0.2) is 9.91 Å². The average molecular weight is 294 g/mol. The molecule has 0 aliphatic rings. The van der Waals surface area contributed by atoms with Crippen LogP contribution in [0.25, 0.3) is 11.3 Å². The van der Waals surface area contributed by atoms with Crippen molar-refractivity contribution in [2.45, 2.75) is 0 Å². The monoisotopic (exact) mass is 293 g/mol. The van der Waals surface area contributed by atoms with Crippen LogP contribution in [0, 0.1) is 10.1 Å². The Morgan fingerprint density at radius 1 is 1.35 bits per heavy atom. The molecule has 6 heteroatoms. The molecule has 17 heavy (non-hydrogen) atoms. The molecular weight excluding hydrogens is 286 g/mol. The fourth-order valence-electron chi connectivity index (χ4n) is 1.49. The number of hydrogen-bond donors (Lipinski definition) is 1. The van der Waals surface area contributed by atoms with E-state index in [0.29, 0.717) is 15.7 Å². The Balaban J connectivity index is 2.67. The van der Waals surface area contributed by atoms with Crippen molar-refractivity contribution >= 4 is 27.3 Å². The molecule has 0 amide bonds. The molecule has 2 rings (SSSR count). The molecule has 0 aliphatic heterocycles. The highest BCUT2D eigenvalue weighted by Gasteiger charge is 2.17. The molecule has 0 radical (unpaired) electrons. The molecular formula is C11H8BrN3O2. The second-order valence-corrected chi connectivity index (χ2v) is 4.27. The van der Waals surface area contributed by atoms with Crippen LogP contribution in [-0.2, 0) is 0 Å². The third-order valence-corrected chi connectivity index (χ3v) is 2.72. The number of aromatic nitrogens is 1. The van der Waals surface area contributed by atoms with Crippen LogP contribution < -0.4 is 5.73 Å². The molecule has 1 heterocycles. The van der Waals surface area contributed by atoms with Gasteiger partial charge in [0.1, 0.15) is 5.69 Å². The summed E-state index contributed by atoms with van der Waals surface area (Å²) >= 11 is 3.22. The van der Waals surface area contributed by atoms with E-state index in [0.717, 1.165) is 0 Å². The van der Waals surface area contributed by atoms with Crippen LogP contribution in [0.3, 0.4) is 0 Å². The van der Waals surface area contributed by atoms with Crippen molar-refractivity contribution in [3.8, 4) is 11.3 Å². The second-order valence-electron chi connectivity index (χ2n) is 3.36. The summed E-state index contributed by atoms with van der Waals surface area (Å²) in [6.45, 7) is 0. The summed E-state index contributed by atoms with van der Waals surface area (Å²) in [5, 5.41) is 10.8. The molecule has 0 saturated carbocycles. The molecule has 2 aromatic rings. The summed E-state index contributed by atoms with van der Waals surface area (Å²) in [5.41, 5.74) is 6.93. The zero-order valence-electron chi connectivity index (χ0n) is 8.63. The van der Waals surface area contributed by atoms with Gasteiger partial charge in [0.15, 0.2) is 0 Å². The first-order valence-corrected chi connectivity index (χ1v) is 5.53. The highest BCUT2D eigenvalue weighted by Crippen LogP contribution is 2.35. The average Bonchev–Trinajstić information content (AvgIpc) is 2.32. The molecule has 5 nitrogen and oxygen atoms in total. The maximum absolute atomic E-state index is 10.8. The molecule has 0 unspecified atom stereocenters. The van der Waals surface area contributed by atoms with Crippen molar-refractivity contribution in [3.05, 3.63) is 51.1 Å². The van der Waals surface area contributed by atoms with Gasteiger partial charge >= 0.3 is 0 Å². The lowest BCUT2D eigenvalue weighted by atomic mass is 10.1. The molecule has 2 N–H and O–H groups in total. The smallest absolute Gasteiger partial charge is 0.293 e. The van der Waals surface area contributed by atoms with E-state index in [4.69, 9.17) is 5.73 Å². The highest BCUT2D eigenvalue weighted by atomic mass is 79.9. The van der Waals surface area contributed by atoms with E-state index in [1.54, 1.807) is 30.5 Å². The Kier molecular flexibility index (Phi) is 3.06. The van der Waals surface area contributed by atoms with E-state index in [1.807, 2.05) is 0 Å². The van der Waals surface area contributed by atoms with E-state index in [1.165, 1.54) is 6.07 Å². The Labute approximate surface area is 106 Å². The van der Waals surface area contributed by atoms with E-state index in [-0.39, 0.29) is 11.4 Å². The molecule has 0 spiro atoms. The largest absolute Gasteiger partial charge is 0.393 e. The van der Waals surface area contributed by atoms with Crippen molar-refractivity contribution in [2.75, 3.05) is 5.73 Å². The van der Waals surface area contributed by atoms with Gasteiger partial charge in [0.2, 0.25) is 0 Å². The lowest BCUT2D eigenvalue weighted by Gasteiger charge is -2.06. The minimum Gasteiger partial charge on any atom is -0.393 e. The predicted octanol–water partition coefficient (Wildman–Crippen LogP) is 3.00. The van der Waals surface area contributed by atoms with Crippen LogP contribution in [0.5, 0.6) is 0 Å². The summed E-state index contributed by atoms with van der Waals surface area (Å²) in [4.78, 5) is 14.5. The van der Waals surface area contributed by atoms with Crippen LogP contribution in [0.1, 0.15) is 0 Å². The number of rotatable bonds is 2. The Morgan fingerprint density at radius 3 is 2.71 bits per heavy atom. The van der Waals surface area contributed by atoms with Crippen molar-refractivity contribution in [3.63, 3.8) is 0 Å². The predicted molar refractivity (Wildman–Crippen MR) is 68.4 cm³/mol. The first-order chi connectivity index (χ1) is 8.09. The van der Waals surface area contributed by atoms with Crippen molar-refractivity contribution in [2.24, 2.45) is 0 Å². The Morgan fingerprint density at radius 2 is 2.12 bits per heavy atom. The number of nitro groups is 1. The molecule has 86 valence electrons. The number of nitrogen functional groups attached to an aromatic ring is 1. The van der Waals surface area contributed by atoms with Crippen LogP contribution in [0.15, 0.2) is 41.0 Å². The standard InChI is InChI=1S/C11H8BrN3O2/c12-7-5-8(9-3-1-2-4-14-9)11(13)10(6-7)15(16)17/h1-6H,13H2. The van der Waals surface area contributed by atoms with Crippen LogP contribution in [0.2, 0.25) is 0 Å². The molecule has 0 aliphatic carbocycles. The van der Waals surface area contributed by atoms with Gasteiger partial charge in [0, 0.05) is 22.3 Å². The normalized spacial score (nSPS) is 10.2. The first-order valence-electron chi connectivity index (χ1n) is 4.74. The van der Waals surface area contributed by atoms with Crippen molar-refractivity contribution in [1.82, 2.24) is 4.98 Å². The van der Waals surface area contributed by atoms with Crippen molar-refractivity contribution in [1.29, 1.82) is 0 Å². The lowest BCUT2D eigenvalue weighted by Crippen LogP contribution is -1.99. The minimum absolute atomic E-state index is 0.122. The van der Waals surface area contributed by atoms with Crippen LogP contribution in [0.4, 0.5) is 11.4 Å². The number of anilines is 1. The fourth-order valence-corrected chi connectivity index (χ4v) is 1.93. The van der Waals surface area contributed by atoms with E-state index in [2.05, 4.69) is 20.9 Å². The number of benzene rings is 1. The first kappa shape index (κ1) is 11.5. The second kappa shape index (κ2) is 4.50. The lowest BCUT2D eigenvalue weighted by molar-refractivity contribution is -0.383. The summed E-state index contributed by atoms with van der Waals surface area (Å²) in [5.74, 6) is 0. The number of pyridine rings is 1. The van der Waals surface area contributed by atoms with Gasteiger partial charge in [0.05, 0.1) is 10.6 Å². The zero-order valence-corrected chi connectivity index (χ0v) is 10.2. The van der Waals surface area contributed by atoms with Gasteiger partial charge in [-0.15, -0.1) is 0 Å². The topological polar surface area (TPSA) is 82.0 Å². The van der Waals surface area contributed by atoms with Gasteiger partial charge in [0.25, 0.3) is 5.69 Å². The van der Waals surface area contributed by atoms with E-state index < -0.39 is 4.92 Å². The van der Waals surface area contributed by atoms with Gasteiger partial charge in [-0.25, -0.2) is 0 Å². The number of nitro benzene ring substituents is 1. The molecule has 0 bridgehead atoms. The van der Waals surface area contributed by atoms with Gasteiger partial charge in [-0.1, -0.05) is 22.0 Å². The summed E-state index contributed by atoms with van der Waals surface area (Å²) in [7, 11) is 0. The maximum Gasteiger partial charge on any atom is 0.293 e. The molecule has 1 aromatic carbocycles. The SMILES string of the molecule is Nc1c(-c2ccccn2)cc(Br)cc1[N+](=O)[O-]. The number of nitrogens with zero attached hydrogens (tertiary/aromatic N) is 2. The number of hydrogen-bond acceptors (Lipinski definition) is 4. The molecule has 1 aromatic heterocycles.